The van der Waals surface area contributed by atoms with Crippen LogP contribution in [0.1, 0.15) is 18.2 Å². The molecule has 0 aliphatic heterocycles. The van der Waals surface area contributed by atoms with E-state index in [2.05, 4.69) is 4.98 Å². The Hall–Kier alpha value is -2.03. The Morgan fingerprint density at radius 1 is 1.29 bits per heavy atom. The monoisotopic (exact) mass is 229 g/mol. The molecule has 88 valence electrons. The van der Waals surface area contributed by atoms with Crippen LogP contribution < -0.4 is 5.56 Å². The second-order valence-corrected chi connectivity index (χ2v) is 4.08. The fourth-order valence-corrected chi connectivity index (χ4v) is 1.88. The van der Waals surface area contributed by atoms with Crippen molar-refractivity contribution >= 4 is 0 Å². The number of aryl methyl sites for hydroxylation is 2. The van der Waals surface area contributed by atoms with E-state index in [1.54, 1.807) is 25.1 Å². The van der Waals surface area contributed by atoms with E-state index in [1.165, 1.54) is 0 Å². The number of pyridine rings is 1. The number of aromatic nitrogens is 1. The predicted octanol–water partition coefficient (Wildman–Crippen LogP) is 2.62. The van der Waals surface area contributed by atoms with Crippen molar-refractivity contribution in [2.24, 2.45) is 0 Å². The second kappa shape index (κ2) is 4.45. The average molecular weight is 229 g/mol. The third-order valence-electron chi connectivity index (χ3n) is 2.82. The van der Waals surface area contributed by atoms with Gasteiger partial charge in [0.15, 0.2) is 0 Å². The number of aromatic hydroxyl groups is 1. The summed E-state index contributed by atoms with van der Waals surface area (Å²) in [6.45, 7) is 3.78. The van der Waals surface area contributed by atoms with Crippen molar-refractivity contribution < 1.29 is 5.11 Å². The molecule has 1 heterocycles. The van der Waals surface area contributed by atoms with Gasteiger partial charge in [0, 0.05) is 16.8 Å². The standard InChI is InChI=1S/C14H15NO2/c1-3-13-12(7-9(2)14(17)15-13)10-5-4-6-11(16)8-10/h4-8,16H,3H2,1-2H3,(H,15,17). The summed E-state index contributed by atoms with van der Waals surface area (Å²) in [6, 6.07) is 8.92. The van der Waals surface area contributed by atoms with Crippen LogP contribution in [-0.2, 0) is 6.42 Å². The molecule has 1 aromatic heterocycles. The third-order valence-corrected chi connectivity index (χ3v) is 2.82. The molecule has 0 saturated heterocycles. The van der Waals surface area contributed by atoms with Crippen molar-refractivity contribution in [2.75, 3.05) is 0 Å². The van der Waals surface area contributed by atoms with Gasteiger partial charge in [0.25, 0.3) is 5.56 Å². The molecule has 0 atom stereocenters. The van der Waals surface area contributed by atoms with Gasteiger partial charge >= 0.3 is 0 Å². The lowest BCUT2D eigenvalue weighted by Gasteiger charge is -2.09. The average Bonchev–Trinajstić information content (AvgIpc) is 2.32. The lowest BCUT2D eigenvalue weighted by Crippen LogP contribution is -2.12. The van der Waals surface area contributed by atoms with Gasteiger partial charge in [0.2, 0.25) is 0 Å². The fourth-order valence-electron chi connectivity index (χ4n) is 1.88. The summed E-state index contributed by atoms with van der Waals surface area (Å²) in [6.07, 6.45) is 0.751. The van der Waals surface area contributed by atoms with Crippen molar-refractivity contribution in [1.82, 2.24) is 4.98 Å². The normalized spacial score (nSPS) is 10.5. The van der Waals surface area contributed by atoms with Crippen LogP contribution in [0.3, 0.4) is 0 Å². The zero-order valence-corrected chi connectivity index (χ0v) is 9.95. The van der Waals surface area contributed by atoms with Crippen LogP contribution in [0.5, 0.6) is 5.75 Å². The molecule has 0 unspecified atom stereocenters. The van der Waals surface area contributed by atoms with Gasteiger partial charge in [-0.05, 0) is 37.1 Å². The van der Waals surface area contributed by atoms with E-state index in [0.717, 1.165) is 23.2 Å². The Bertz CT molecular complexity index is 599. The highest BCUT2D eigenvalue weighted by Crippen LogP contribution is 2.25. The Balaban J connectivity index is 2.66. The van der Waals surface area contributed by atoms with Crippen molar-refractivity contribution in [3.05, 3.63) is 51.9 Å². The van der Waals surface area contributed by atoms with Crippen LogP contribution in [-0.4, -0.2) is 10.1 Å². The van der Waals surface area contributed by atoms with E-state index >= 15 is 0 Å². The van der Waals surface area contributed by atoms with Gasteiger partial charge in [-0.2, -0.15) is 0 Å². The molecular weight excluding hydrogens is 214 g/mol. The van der Waals surface area contributed by atoms with Crippen LogP contribution in [0, 0.1) is 6.92 Å². The van der Waals surface area contributed by atoms with Crippen molar-refractivity contribution in [3.63, 3.8) is 0 Å². The number of hydrogen-bond acceptors (Lipinski definition) is 2. The molecule has 0 saturated carbocycles. The fraction of sp³-hybridized carbons (Fsp3) is 0.214. The molecule has 0 bridgehead atoms. The van der Waals surface area contributed by atoms with Crippen LogP contribution in [0.15, 0.2) is 35.1 Å². The molecule has 2 rings (SSSR count). The smallest absolute Gasteiger partial charge is 0.251 e. The number of nitrogens with one attached hydrogen (secondary N) is 1. The Kier molecular flexibility index (Phi) is 3.00. The van der Waals surface area contributed by atoms with E-state index in [9.17, 15) is 9.90 Å². The minimum Gasteiger partial charge on any atom is -0.508 e. The molecule has 0 spiro atoms. The molecular formula is C14H15NO2. The van der Waals surface area contributed by atoms with Crippen molar-refractivity contribution in [1.29, 1.82) is 0 Å². The first kappa shape index (κ1) is 11.5. The van der Waals surface area contributed by atoms with Crippen LogP contribution in [0.4, 0.5) is 0 Å². The summed E-state index contributed by atoms with van der Waals surface area (Å²) in [4.78, 5) is 14.4. The molecule has 17 heavy (non-hydrogen) atoms. The molecule has 3 nitrogen and oxygen atoms in total. The minimum atomic E-state index is -0.0502. The van der Waals surface area contributed by atoms with E-state index in [1.807, 2.05) is 19.1 Å². The zero-order valence-electron chi connectivity index (χ0n) is 9.95. The SMILES string of the molecule is CCc1[nH]c(=O)c(C)cc1-c1cccc(O)c1. The zero-order chi connectivity index (χ0) is 12.4. The summed E-state index contributed by atoms with van der Waals surface area (Å²) >= 11 is 0. The highest BCUT2D eigenvalue weighted by Gasteiger charge is 2.07. The number of rotatable bonds is 2. The van der Waals surface area contributed by atoms with Gasteiger partial charge < -0.3 is 10.1 Å². The van der Waals surface area contributed by atoms with Crippen molar-refractivity contribution in [3.8, 4) is 16.9 Å². The van der Waals surface area contributed by atoms with E-state index in [-0.39, 0.29) is 11.3 Å². The molecule has 0 amide bonds. The highest BCUT2D eigenvalue weighted by molar-refractivity contribution is 5.67. The van der Waals surface area contributed by atoms with Gasteiger partial charge in [0.05, 0.1) is 0 Å². The Morgan fingerprint density at radius 2 is 2.06 bits per heavy atom. The maximum Gasteiger partial charge on any atom is 0.251 e. The molecule has 0 fully saturated rings. The molecule has 0 radical (unpaired) electrons. The number of phenols is 1. The van der Waals surface area contributed by atoms with Crippen molar-refractivity contribution in [2.45, 2.75) is 20.3 Å². The third kappa shape index (κ3) is 2.23. The molecule has 0 aliphatic rings. The Labute approximate surface area is 99.8 Å². The summed E-state index contributed by atoms with van der Waals surface area (Å²) in [7, 11) is 0. The molecule has 2 N–H and O–H groups in total. The summed E-state index contributed by atoms with van der Waals surface area (Å²) in [5.41, 5.74) is 3.42. The van der Waals surface area contributed by atoms with Gasteiger partial charge in [0.1, 0.15) is 5.75 Å². The minimum absolute atomic E-state index is 0.0502. The van der Waals surface area contributed by atoms with Crippen LogP contribution in [0.25, 0.3) is 11.1 Å². The summed E-state index contributed by atoms with van der Waals surface area (Å²) in [5.74, 6) is 0.230. The number of hydrogen-bond donors (Lipinski definition) is 2. The lowest BCUT2D eigenvalue weighted by molar-refractivity contribution is 0.475. The quantitative estimate of drug-likeness (QED) is 0.831. The molecule has 3 heteroatoms. The maximum atomic E-state index is 11.5. The topological polar surface area (TPSA) is 53.1 Å². The number of H-pyrrole nitrogens is 1. The second-order valence-electron chi connectivity index (χ2n) is 4.08. The highest BCUT2D eigenvalue weighted by atomic mass is 16.3. The lowest BCUT2D eigenvalue weighted by atomic mass is 10.0. The molecule has 0 aliphatic carbocycles. The largest absolute Gasteiger partial charge is 0.508 e. The first-order valence-corrected chi connectivity index (χ1v) is 5.64. The number of benzene rings is 1. The first-order chi connectivity index (χ1) is 8.11. The van der Waals surface area contributed by atoms with Gasteiger partial charge in [-0.1, -0.05) is 19.1 Å². The van der Waals surface area contributed by atoms with Gasteiger partial charge in [-0.15, -0.1) is 0 Å². The number of phenolic OH excluding ortho intramolecular Hbond substituents is 1. The van der Waals surface area contributed by atoms with E-state index < -0.39 is 0 Å². The molecule has 2 aromatic rings. The van der Waals surface area contributed by atoms with E-state index in [4.69, 9.17) is 0 Å². The van der Waals surface area contributed by atoms with Crippen LogP contribution >= 0.6 is 0 Å². The Morgan fingerprint density at radius 3 is 2.71 bits per heavy atom. The molecule has 1 aromatic carbocycles. The van der Waals surface area contributed by atoms with Gasteiger partial charge in [-0.25, -0.2) is 0 Å². The first-order valence-electron chi connectivity index (χ1n) is 5.64. The maximum absolute atomic E-state index is 11.5. The van der Waals surface area contributed by atoms with Crippen LogP contribution in [0.2, 0.25) is 0 Å². The van der Waals surface area contributed by atoms with E-state index in [0.29, 0.717) is 5.56 Å². The summed E-state index contributed by atoms with van der Waals surface area (Å²) < 4.78 is 0. The summed E-state index contributed by atoms with van der Waals surface area (Å²) in [5, 5.41) is 9.49. The van der Waals surface area contributed by atoms with Gasteiger partial charge in [-0.3, -0.25) is 4.79 Å². The predicted molar refractivity (Wildman–Crippen MR) is 68.3 cm³/mol. The number of aromatic amines is 1.